The number of aliphatic imine (C=N–C) groups is 1. The summed E-state index contributed by atoms with van der Waals surface area (Å²) in [5.74, 6) is -0.544. The van der Waals surface area contributed by atoms with Gasteiger partial charge >= 0.3 is 0 Å². The molecule has 2 aromatic carbocycles. The average molecular weight is 343 g/mol. The Hall–Kier alpha value is -2.30. The highest BCUT2D eigenvalue weighted by molar-refractivity contribution is 6.32. The maximum absolute atomic E-state index is 14.3. The van der Waals surface area contributed by atoms with E-state index < -0.39 is 11.9 Å². The number of carbonyl (C=O) groups is 1. The molecule has 5 heteroatoms. The van der Waals surface area contributed by atoms with E-state index in [4.69, 9.17) is 11.6 Å². The van der Waals surface area contributed by atoms with Crippen LogP contribution in [0, 0.1) is 5.82 Å². The van der Waals surface area contributed by atoms with Crippen molar-refractivity contribution in [1.82, 2.24) is 4.90 Å². The summed E-state index contributed by atoms with van der Waals surface area (Å²) in [6.45, 7) is 3.93. The summed E-state index contributed by atoms with van der Waals surface area (Å²) < 4.78 is 14.3. The van der Waals surface area contributed by atoms with E-state index in [1.807, 2.05) is 0 Å². The van der Waals surface area contributed by atoms with Gasteiger partial charge in [0.2, 0.25) is 0 Å². The van der Waals surface area contributed by atoms with Crippen LogP contribution in [0.2, 0.25) is 5.02 Å². The normalized spacial score (nSPS) is 17.5. The van der Waals surface area contributed by atoms with Crippen LogP contribution in [0.15, 0.2) is 59.7 Å². The molecule has 0 spiro atoms. The Labute approximate surface area is 145 Å². The second-order valence-corrected chi connectivity index (χ2v) is 6.29. The van der Waals surface area contributed by atoms with Crippen molar-refractivity contribution in [1.29, 1.82) is 0 Å². The Morgan fingerprint density at radius 1 is 1.12 bits per heavy atom. The number of fused-ring (bicyclic) bond motifs is 1. The van der Waals surface area contributed by atoms with Crippen LogP contribution in [0.5, 0.6) is 0 Å². The molecule has 0 saturated carbocycles. The molecule has 3 nitrogen and oxygen atoms in total. The number of hydrogen-bond acceptors (Lipinski definition) is 3. The Morgan fingerprint density at radius 2 is 1.83 bits per heavy atom. The summed E-state index contributed by atoms with van der Waals surface area (Å²) >= 11 is 6.11. The minimum Gasteiger partial charge on any atom is -0.295 e. The summed E-state index contributed by atoms with van der Waals surface area (Å²) in [4.78, 5) is 19.2. The molecule has 1 atom stereocenters. The molecule has 1 unspecified atom stereocenters. The molecular weight excluding hydrogens is 327 g/mol. The lowest BCUT2D eigenvalue weighted by Crippen LogP contribution is -2.36. The Kier molecular flexibility index (Phi) is 4.35. The lowest BCUT2D eigenvalue weighted by molar-refractivity contribution is 0.0904. The van der Waals surface area contributed by atoms with E-state index in [9.17, 15) is 9.18 Å². The van der Waals surface area contributed by atoms with Gasteiger partial charge in [-0.05, 0) is 44.4 Å². The number of likely N-dealkylation sites (N-methyl/N-ethyl adjacent to an activating group) is 1. The van der Waals surface area contributed by atoms with Gasteiger partial charge in [-0.25, -0.2) is 4.39 Å². The molecule has 0 radical (unpaired) electrons. The molecule has 1 heterocycles. The highest BCUT2D eigenvalue weighted by Gasteiger charge is 2.32. The number of hydrogen-bond donors (Lipinski definition) is 0. The van der Waals surface area contributed by atoms with Crippen LogP contribution in [-0.4, -0.2) is 36.5 Å². The zero-order valence-electron chi connectivity index (χ0n) is 13.4. The molecule has 3 rings (SSSR count). The summed E-state index contributed by atoms with van der Waals surface area (Å²) in [5, 5.41) is 0.458. The van der Waals surface area contributed by atoms with Gasteiger partial charge in [0.25, 0.3) is 0 Å². The first-order chi connectivity index (χ1) is 11.4. The summed E-state index contributed by atoms with van der Waals surface area (Å²) in [7, 11) is 3.57. The number of rotatable bonds is 2. The van der Waals surface area contributed by atoms with Crippen LogP contribution in [0.25, 0.3) is 0 Å². The molecular formula is C19H16ClFN2O. The van der Waals surface area contributed by atoms with Crippen molar-refractivity contribution in [2.45, 2.75) is 6.04 Å². The maximum Gasteiger partial charge on any atom is 0.186 e. The number of halogens is 2. The fourth-order valence-electron chi connectivity index (χ4n) is 2.88. The van der Waals surface area contributed by atoms with Crippen LogP contribution in [0.1, 0.15) is 21.5 Å². The first kappa shape index (κ1) is 16.6. The highest BCUT2D eigenvalue weighted by Crippen LogP contribution is 2.29. The molecule has 1 aliphatic rings. The summed E-state index contributed by atoms with van der Waals surface area (Å²) in [6, 6.07) is 10.7. The number of ketones is 1. The maximum atomic E-state index is 14.3. The molecule has 24 heavy (non-hydrogen) atoms. The van der Waals surface area contributed by atoms with E-state index >= 15 is 0 Å². The van der Waals surface area contributed by atoms with Crippen molar-refractivity contribution >= 4 is 23.1 Å². The van der Waals surface area contributed by atoms with Gasteiger partial charge in [-0.2, -0.15) is 0 Å². The molecule has 0 bridgehead atoms. The molecule has 0 aromatic heterocycles. The van der Waals surface area contributed by atoms with Gasteiger partial charge in [0, 0.05) is 21.7 Å². The molecule has 2 aromatic rings. The molecule has 0 fully saturated rings. The van der Waals surface area contributed by atoms with Gasteiger partial charge in [0.1, 0.15) is 11.9 Å². The van der Waals surface area contributed by atoms with Gasteiger partial charge in [-0.1, -0.05) is 30.3 Å². The molecule has 0 saturated heterocycles. The minimum atomic E-state index is -0.603. The Balaban J connectivity index is 2.32. The second kappa shape index (κ2) is 6.30. The SMILES string of the molecule is C=C1N=C(c2ccccc2F)c2cc(Cl)ccc2C(=O)C1N(C)C. The van der Waals surface area contributed by atoms with E-state index in [0.717, 1.165) is 0 Å². The van der Waals surface area contributed by atoms with Crippen molar-refractivity contribution in [2.75, 3.05) is 14.1 Å². The van der Waals surface area contributed by atoms with Gasteiger partial charge in [0.15, 0.2) is 5.78 Å². The van der Waals surface area contributed by atoms with Crippen LogP contribution < -0.4 is 0 Å². The summed E-state index contributed by atoms with van der Waals surface area (Å²) in [5.41, 5.74) is 2.03. The van der Waals surface area contributed by atoms with E-state index in [1.165, 1.54) is 6.07 Å². The molecule has 0 aliphatic carbocycles. The van der Waals surface area contributed by atoms with E-state index in [0.29, 0.717) is 33.1 Å². The third kappa shape index (κ3) is 2.79. The highest BCUT2D eigenvalue weighted by atomic mass is 35.5. The fraction of sp³-hybridized carbons (Fsp3) is 0.158. The number of carbonyl (C=O) groups excluding carboxylic acids is 1. The lowest BCUT2D eigenvalue weighted by atomic mass is 9.93. The predicted octanol–water partition coefficient (Wildman–Crippen LogP) is 3.96. The van der Waals surface area contributed by atoms with Crippen LogP contribution in [0.3, 0.4) is 0 Å². The van der Waals surface area contributed by atoms with E-state index in [1.54, 1.807) is 55.4 Å². The first-order valence-corrected chi connectivity index (χ1v) is 7.81. The quantitative estimate of drug-likeness (QED) is 0.827. The van der Waals surface area contributed by atoms with E-state index in [-0.39, 0.29) is 5.78 Å². The molecule has 0 N–H and O–H groups in total. The van der Waals surface area contributed by atoms with Crippen molar-refractivity contribution in [3.63, 3.8) is 0 Å². The second-order valence-electron chi connectivity index (χ2n) is 5.85. The van der Waals surface area contributed by atoms with Gasteiger partial charge in [-0.3, -0.25) is 14.7 Å². The van der Waals surface area contributed by atoms with Crippen LogP contribution in [0.4, 0.5) is 4.39 Å². The standard InChI is InChI=1S/C19H16ClFN2O/c1-11-18(23(2)3)19(24)13-9-8-12(20)10-15(13)17(22-11)14-6-4-5-7-16(14)21/h4-10,18H,1H2,2-3H3. The van der Waals surface area contributed by atoms with Gasteiger partial charge in [0.05, 0.1) is 11.4 Å². The largest absolute Gasteiger partial charge is 0.295 e. The first-order valence-electron chi connectivity index (χ1n) is 7.43. The van der Waals surface area contributed by atoms with Crippen molar-refractivity contribution in [3.05, 3.63) is 82.3 Å². The Bertz CT molecular complexity index is 873. The minimum absolute atomic E-state index is 0.133. The number of Topliss-reactive ketones (excluding diaryl/α,β-unsaturated/α-hetero) is 1. The monoisotopic (exact) mass is 342 g/mol. The molecule has 1 aliphatic heterocycles. The zero-order valence-corrected chi connectivity index (χ0v) is 14.1. The van der Waals surface area contributed by atoms with Crippen molar-refractivity contribution in [2.24, 2.45) is 4.99 Å². The summed E-state index contributed by atoms with van der Waals surface area (Å²) in [6.07, 6.45) is 0. The third-order valence-corrected chi connectivity index (χ3v) is 4.20. The smallest absolute Gasteiger partial charge is 0.186 e. The topological polar surface area (TPSA) is 32.7 Å². The molecule has 0 amide bonds. The number of nitrogens with zero attached hydrogens (tertiary/aromatic N) is 2. The predicted molar refractivity (Wildman–Crippen MR) is 94.4 cm³/mol. The zero-order chi connectivity index (χ0) is 17.4. The number of benzene rings is 2. The lowest BCUT2D eigenvalue weighted by Gasteiger charge is -2.21. The molecule has 122 valence electrons. The van der Waals surface area contributed by atoms with Crippen LogP contribution in [-0.2, 0) is 0 Å². The van der Waals surface area contributed by atoms with Crippen molar-refractivity contribution in [3.8, 4) is 0 Å². The Morgan fingerprint density at radius 3 is 2.50 bits per heavy atom. The van der Waals surface area contributed by atoms with Crippen molar-refractivity contribution < 1.29 is 9.18 Å². The van der Waals surface area contributed by atoms with Gasteiger partial charge in [-0.15, -0.1) is 0 Å². The third-order valence-electron chi connectivity index (χ3n) is 3.97. The average Bonchev–Trinajstić information content (AvgIpc) is 2.62. The van der Waals surface area contributed by atoms with Crippen LogP contribution >= 0.6 is 11.6 Å². The fourth-order valence-corrected chi connectivity index (χ4v) is 3.05. The van der Waals surface area contributed by atoms with Gasteiger partial charge < -0.3 is 0 Å². The van der Waals surface area contributed by atoms with E-state index in [2.05, 4.69) is 11.6 Å².